The molecule has 0 radical (unpaired) electrons. The first-order valence-corrected chi connectivity index (χ1v) is 12.5. The summed E-state index contributed by atoms with van der Waals surface area (Å²) in [5.41, 5.74) is 2.71. The lowest BCUT2D eigenvalue weighted by Crippen LogP contribution is -2.45. The first-order valence-electron chi connectivity index (χ1n) is 12.5. The molecule has 6 atom stereocenters. The molecule has 5 nitrogen and oxygen atoms in total. The minimum atomic E-state index is -1.01. The van der Waals surface area contributed by atoms with Gasteiger partial charge in [0.2, 0.25) is 0 Å². The van der Waals surface area contributed by atoms with Crippen LogP contribution in [0.2, 0.25) is 0 Å². The molecule has 0 saturated heterocycles. The number of aliphatic hydroxyl groups is 4. The van der Waals surface area contributed by atoms with Crippen LogP contribution in [0, 0.1) is 17.3 Å². The summed E-state index contributed by atoms with van der Waals surface area (Å²) < 4.78 is 5.10. The normalized spacial score (nSPS) is 38.5. The maximum Gasteiger partial charge on any atom is 0.144 e. The van der Waals surface area contributed by atoms with E-state index in [0.717, 1.165) is 30.8 Å². The Hall–Kier alpha value is -0.980. The van der Waals surface area contributed by atoms with E-state index < -0.39 is 30.7 Å². The van der Waals surface area contributed by atoms with Gasteiger partial charge in [0.05, 0.1) is 11.7 Å². The van der Waals surface area contributed by atoms with Gasteiger partial charge in [0.25, 0.3) is 0 Å². The number of hydrogen-bond acceptors (Lipinski definition) is 5. The van der Waals surface area contributed by atoms with Crippen LogP contribution in [0.3, 0.4) is 0 Å². The zero-order valence-electron chi connectivity index (χ0n) is 20.2. The Morgan fingerprint density at radius 1 is 1.19 bits per heavy atom. The number of ether oxygens (including phenoxy) is 1. The van der Waals surface area contributed by atoms with Gasteiger partial charge in [-0.3, -0.25) is 0 Å². The predicted molar refractivity (Wildman–Crippen MR) is 127 cm³/mol. The van der Waals surface area contributed by atoms with Gasteiger partial charge in [0, 0.05) is 6.42 Å². The van der Waals surface area contributed by atoms with E-state index in [4.69, 9.17) is 9.84 Å². The first kappa shape index (κ1) is 25.6. The molecule has 0 aromatic rings. The molecule has 0 aliphatic heterocycles. The van der Waals surface area contributed by atoms with Gasteiger partial charge in [-0.15, -0.1) is 0 Å². The number of fused-ring (bicyclic) bond motifs is 1. The zero-order valence-corrected chi connectivity index (χ0v) is 20.2. The molecule has 0 spiro atoms. The van der Waals surface area contributed by atoms with E-state index in [2.05, 4.69) is 19.6 Å². The van der Waals surface area contributed by atoms with Gasteiger partial charge in [-0.2, -0.15) is 0 Å². The fraction of sp³-hybridized carbons (Fsp3) is 0.778. The molecule has 3 saturated carbocycles. The van der Waals surface area contributed by atoms with E-state index in [-0.39, 0.29) is 0 Å². The maximum absolute atomic E-state index is 10.5. The van der Waals surface area contributed by atoms with Crippen LogP contribution in [0.5, 0.6) is 0 Å². The lowest BCUT2D eigenvalue weighted by molar-refractivity contribution is -0.138. The van der Waals surface area contributed by atoms with Crippen LogP contribution in [-0.2, 0) is 4.74 Å². The van der Waals surface area contributed by atoms with E-state index in [1.807, 2.05) is 19.9 Å². The Bertz CT molecular complexity index is 718. The molecule has 2 unspecified atom stereocenters. The third-order valence-corrected chi connectivity index (χ3v) is 8.41. The molecule has 5 heteroatoms. The second kappa shape index (κ2) is 10.5. The molecule has 0 bridgehead atoms. The Morgan fingerprint density at radius 2 is 1.94 bits per heavy atom. The van der Waals surface area contributed by atoms with Crippen molar-refractivity contribution in [1.29, 1.82) is 0 Å². The number of aliphatic hydroxyl groups excluding tert-OH is 3. The highest BCUT2D eigenvalue weighted by molar-refractivity contribution is 5.40. The summed E-state index contributed by atoms with van der Waals surface area (Å²) in [6, 6.07) is 0. The van der Waals surface area contributed by atoms with Crippen molar-refractivity contribution in [3.8, 4) is 0 Å². The second-order valence-electron chi connectivity index (χ2n) is 11.2. The summed E-state index contributed by atoms with van der Waals surface area (Å²) in [5.74, 6) is 1.35. The monoisotopic (exact) mass is 448 g/mol. The van der Waals surface area contributed by atoms with Crippen molar-refractivity contribution in [2.24, 2.45) is 17.3 Å². The summed E-state index contributed by atoms with van der Waals surface area (Å²) in [6.07, 6.45) is 12.5. The third kappa shape index (κ3) is 5.74. The Morgan fingerprint density at radius 3 is 2.62 bits per heavy atom. The molecule has 3 fully saturated rings. The van der Waals surface area contributed by atoms with Crippen LogP contribution >= 0.6 is 0 Å². The molecular weight excluding hydrogens is 404 g/mol. The zero-order chi connectivity index (χ0) is 23.5. The van der Waals surface area contributed by atoms with E-state index in [9.17, 15) is 15.3 Å². The topological polar surface area (TPSA) is 90.2 Å². The van der Waals surface area contributed by atoms with Crippen molar-refractivity contribution in [2.45, 2.75) is 109 Å². The van der Waals surface area contributed by atoms with Gasteiger partial charge in [0.15, 0.2) is 0 Å². The Kier molecular flexibility index (Phi) is 8.43. The van der Waals surface area contributed by atoms with Crippen LogP contribution in [-0.4, -0.2) is 51.1 Å². The standard InChI is InChI=1S/C27H44O5/c1-18-20(16-23(29)25(24(18)30)32-17-28)11-10-19-8-7-15-27(4)21(12-13-22(19)27)9-5-6-14-26(2,3)31/h10-11,21-25,28-31H,1,5-9,12-17H2,2-4H3/b19-10+,20-11-/t21-,22?,23+,24+,25+,27?/m0/s1. The van der Waals surface area contributed by atoms with E-state index >= 15 is 0 Å². The van der Waals surface area contributed by atoms with Crippen molar-refractivity contribution >= 4 is 0 Å². The number of rotatable bonds is 8. The number of unbranched alkanes of at least 4 members (excludes halogenated alkanes) is 1. The predicted octanol–water partition coefficient (Wildman–Crippen LogP) is 4.40. The fourth-order valence-electron chi connectivity index (χ4n) is 6.51. The second-order valence-corrected chi connectivity index (χ2v) is 11.2. The van der Waals surface area contributed by atoms with Gasteiger partial charge in [-0.05, 0) is 87.2 Å². The minimum absolute atomic E-state index is 0.347. The van der Waals surface area contributed by atoms with Crippen molar-refractivity contribution in [1.82, 2.24) is 0 Å². The molecule has 0 heterocycles. The van der Waals surface area contributed by atoms with Crippen molar-refractivity contribution in [3.63, 3.8) is 0 Å². The molecule has 3 aliphatic carbocycles. The van der Waals surface area contributed by atoms with Gasteiger partial charge in [-0.25, -0.2) is 0 Å². The van der Waals surface area contributed by atoms with Crippen LogP contribution in [0.15, 0.2) is 35.5 Å². The molecule has 32 heavy (non-hydrogen) atoms. The molecule has 0 amide bonds. The summed E-state index contributed by atoms with van der Waals surface area (Å²) in [5, 5.41) is 39.8. The highest BCUT2D eigenvalue weighted by atomic mass is 16.6. The lowest BCUT2D eigenvalue weighted by Gasteiger charge is -2.42. The molecule has 0 aromatic heterocycles. The fourth-order valence-corrected chi connectivity index (χ4v) is 6.51. The largest absolute Gasteiger partial charge is 0.390 e. The minimum Gasteiger partial charge on any atom is -0.390 e. The quantitative estimate of drug-likeness (QED) is 0.326. The summed E-state index contributed by atoms with van der Waals surface area (Å²) >= 11 is 0. The number of hydrogen-bond donors (Lipinski definition) is 4. The summed E-state index contributed by atoms with van der Waals surface area (Å²) in [4.78, 5) is 0. The van der Waals surface area contributed by atoms with Gasteiger partial charge in [0.1, 0.15) is 19.0 Å². The molecule has 0 aromatic carbocycles. The highest BCUT2D eigenvalue weighted by Crippen LogP contribution is 2.58. The average molecular weight is 449 g/mol. The van der Waals surface area contributed by atoms with E-state index in [0.29, 0.717) is 23.3 Å². The molecular formula is C27H44O5. The lowest BCUT2D eigenvalue weighted by atomic mass is 9.62. The van der Waals surface area contributed by atoms with Gasteiger partial charge < -0.3 is 25.2 Å². The van der Waals surface area contributed by atoms with Crippen LogP contribution in [0.1, 0.15) is 85.0 Å². The van der Waals surface area contributed by atoms with Gasteiger partial charge in [-0.1, -0.05) is 44.1 Å². The van der Waals surface area contributed by atoms with Crippen LogP contribution in [0.4, 0.5) is 0 Å². The average Bonchev–Trinajstić information content (AvgIpc) is 3.06. The van der Waals surface area contributed by atoms with E-state index in [1.54, 1.807) is 0 Å². The van der Waals surface area contributed by atoms with Crippen molar-refractivity contribution in [2.75, 3.05) is 6.79 Å². The number of allylic oxidation sites excluding steroid dienone is 3. The third-order valence-electron chi connectivity index (χ3n) is 8.41. The molecule has 3 rings (SSSR count). The summed E-state index contributed by atoms with van der Waals surface area (Å²) in [7, 11) is 0. The molecule has 3 aliphatic rings. The first-order chi connectivity index (χ1) is 15.1. The van der Waals surface area contributed by atoms with Crippen LogP contribution < -0.4 is 0 Å². The van der Waals surface area contributed by atoms with Crippen molar-refractivity contribution in [3.05, 3.63) is 35.5 Å². The smallest absolute Gasteiger partial charge is 0.144 e. The van der Waals surface area contributed by atoms with Crippen molar-refractivity contribution < 1.29 is 25.2 Å². The highest BCUT2D eigenvalue weighted by Gasteiger charge is 2.48. The maximum atomic E-state index is 10.5. The summed E-state index contributed by atoms with van der Waals surface area (Å²) in [6.45, 7) is 9.76. The van der Waals surface area contributed by atoms with Gasteiger partial charge >= 0.3 is 0 Å². The van der Waals surface area contributed by atoms with E-state index in [1.165, 1.54) is 44.1 Å². The molecule has 4 N–H and O–H groups in total. The Balaban J connectivity index is 1.66. The molecule has 182 valence electrons. The van der Waals surface area contributed by atoms with Crippen LogP contribution in [0.25, 0.3) is 0 Å². The SMILES string of the molecule is C=C1/C(=C\C=C2/CCCC3(C)C2CC[C@@H]3CCCCC(C)(C)O)C[C@@H](O)[C@@H](OCO)[C@@H]1O. The Labute approximate surface area is 193 Å².